The van der Waals surface area contributed by atoms with Crippen molar-refractivity contribution in [2.45, 2.75) is 65.3 Å². The van der Waals surface area contributed by atoms with Crippen molar-refractivity contribution in [3.8, 4) is 0 Å². The molecule has 120 valence electrons. The van der Waals surface area contributed by atoms with E-state index in [1.807, 2.05) is 0 Å². The largest absolute Gasteiger partial charge is 0.313 e. The standard InChI is InChI=1S/C18H29F2N/c1-4-8-14(9-5-2)17(21-12-6-3)13-15-10-7-11-16(19)18(15)20/h7,10-11,14,17,21H,4-6,8-9,12-13H2,1-3H3. The van der Waals surface area contributed by atoms with Gasteiger partial charge in [0, 0.05) is 6.04 Å². The number of rotatable bonds is 10. The molecule has 1 N–H and O–H groups in total. The van der Waals surface area contributed by atoms with Crippen molar-refractivity contribution in [3.63, 3.8) is 0 Å². The molecule has 1 nitrogen and oxygen atoms in total. The van der Waals surface area contributed by atoms with Gasteiger partial charge in [0.05, 0.1) is 0 Å². The zero-order valence-corrected chi connectivity index (χ0v) is 13.6. The van der Waals surface area contributed by atoms with Gasteiger partial charge >= 0.3 is 0 Å². The Balaban J connectivity index is 2.87. The highest BCUT2D eigenvalue weighted by molar-refractivity contribution is 5.20. The van der Waals surface area contributed by atoms with Crippen molar-refractivity contribution in [1.82, 2.24) is 5.32 Å². The Morgan fingerprint density at radius 3 is 2.24 bits per heavy atom. The molecule has 0 fully saturated rings. The number of nitrogens with one attached hydrogen (secondary N) is 1. The molecule has 1 rings (SSSR count). The zero-order chi connectivity index (χ0) is 15.7. The van der Waals surface area contributed by atoms with Gasteiger partial charge < -0.3 is 5.32 Å². The van der Waals surface area contributed by atoms with Crippen LogP contribution in [0.15, 0.2) is 18.2 Å². The Hall–Kier alpha value is -0.960. The van der Waals surface area contributed by atoms with Crippen LogP contribution < -0.4 is 5.32 Å². The lowest BCUT2D eigenvalue weighted by molar-refractivity contribution is 0.305. The number of hydrogen-bond acceptors (Lipinski definition) is 1. The fraction of sp³-hybridized carbons (Fsp3) is 0.667. The van der Waals surface area contributed by atoms with Gasteiger partial charge in [0.25, 0.3) is 0 Å². The fourth-order valence-corrected chi connectivity index (χ4v) is 2.97. The maximum Gasteiger partial charge on any atom is 0.162 e. The van der Waals surface area contributed by atoms with Crippen LogP contribution in [0.4, 0.5) is 8.78 Å². The minimum atomic E-state index is -0.746. The first-order valence-electron chi connectivity index (χ1n) is 8.30. The van der Waals surface area contributed by atoms with Crippen molar-refractivity contribution in [2.24, 2.45) is 5.92 Å². The van der Waals surface area contributed by atoms with Gasteiger partial charge in [0.1, 0.15) is 0 Å². The summed E-state index contributed by atoms with van der Waals surface area (Å²) in [5.41, 5.74) is 0.487. The minimum Gasteiger partial charge on any atom is -0.313 e. The third-order valence-electron chi connectivity index (χ3n) is 4.02. The molecule has 3 heteroatoms. The van der Waals surface area contributed by atoms with Crippen LogP contribution >= 0.6 is 0 Å². The van der Waals surface area contributed by atoms with Crippen LogP contribution in [0.3, 0.4) is 0 Å². The molecule has 0 spiro atoms. The molecule has 0 aliphatic carbocycles. The van der Waals surface area contributed by atoms with E-state index in [0.717, 1.165) is 38.6 Å². The minimum absolute atomic E-state index is 0.223. The Morgan fingerprint density at radius 2 is 1.67 bits per heavy atom. The summed E-state index contributed by atoms with van der Waals surface area (Å²) in [6.07, 6.45) is 6.13. The Kier molecular flexibility index (Phi) is 8.51. The quantitative estimate of drug-likeness (QED) is 0.634. The van der Waals surface area contributed by atoms with Crippen molar-refractivity contribution < 1.29 is 8.78 Å². The van der Waals surface area contributed by atoms with Crippen LogP contribution in [0, 0.1) is 17.6 Å². The highest BCUT2D eigenvalue weighted by Gasteiger charge is 2.22. The lowest BCUT2D eigenvalue weighted by Gasteiger charge is -2.28. The van der Waals surface area contributed by atoms with E-state index in [-0.39, 0.29) is 6.04 Å². The summed E-state index contributed by atoms with van der Waals surface area (Å²) < 4.78 is 27.3. The molecular formula is C18H29F2N. The fourth-order valence-electron chi connectivity index (χ4n) is 2.97. The lowest BCUT2D eigenvalue weighted by atomic mass is 9.86. The molecule has 0 amide bonds. The molecule has 1 aromatic carbocycles. The average molecular weight is 297 g/mol. The highest BCUT2D eigenvalue weighted by Crippen LogP contribution is 2.23. The van der Waals surface area contributed by atoms with Crippen molar-refractivity contribution >= 4 is 0 Å². The van der Waals surface area contributed by atoms with E-state index < -0.39 is 11.6 Å². The molecule has 1 atom stereocenters. The summed E-state index contributed by atoms with van der Waals surface area (Å²) in [4.78, 5) is 0. The molecule has 0 aromatic heterocycles. The Bertz CT molecular complexity index is 400. The summed E-state index contributed by atoms with van der Waals surface area (Å²) >= 11 is 0. The van der Waals surface area contributed by atoms with Crippen LogP contribution in [-0.2, 0) is 6.42 Å². The van der Waals surface area contributed by atoms with Gasteiger partial charge in [-0.05, 0) is 49.8 Å². The second-order valence-electron chi connectivity index (χ2n) is 5.82. The lowest BCUT2D eigenvalue weighted by Crippen LogP contribution is -2.39. The first-order chi connectivity index (χ1) is 10.1. The maximum atomic E-state index is 13.9. The van der Waals surface area contributed by atoms with Crippen molar-refractivity contribution in [2.75, 3.05) is 6.54 Å². The Labute approximate surface area is 128 Å². The molecule has 21 heavy (non-hydrogen) atoms. The monoisotopic (exact) mass is 297 g/mol. The molecule has 0 radical (unpaired) electrons. The molecular weight excluding hydrogens is 268 g/mol. The summed E-state index contributed by atoms with van der Waals surface area (Å²) in [5, 5.41) is 3.55. The first-order valence-corrected chi connectivity index (χ1v) is 8.30. The van der Waals surface area contributed by atoms with Crippen molar-refractivity contribution in [1.29, 1.82) is 0 Å². The second kappa shape index (κ2) is 9.88. The van der Waals surface area contributed by atoms with Gasteiger partial charge in [-0.3, -0.25) is 0 Å². The van der Waals surface area contributed by atoms with Gasteiger partial charge in [0.2, 0.25) is 0 Å². The van der Waals surface area contributed by atoms with Gasteiger partial charge in [-0.1, -0.05) is 45.7 Å². The van der Waals surface area contributed by atoms with Crippen LogP contribution in [0.25, 0.3) is 0 Å². The second-order valence-corrected chi connectivity index (χ2v) is 5.82. The average Bonchev–Trinajstić information content (AvgIpc) is 2.47. The number of benzene rings is 1. The van der Waals surface area contributed by atoms with E-state index in [1.165, 1.54) is 6.07 Å². The summed E-state index contributed by atoms with van der Waals surface area (Å²) in [7, 11) is 0. The van der Waals surface area contributed by atoms with E-state index in [1.54, 1.807) is 12.1 Å². The van der Waals surface area contributed by atoms with E-state index in [2.05, 4.69) is 26.1 Å². The van der Waals surface area contributed by atoms with Crippen LogP contribution in [0.1, 0.15) is 58.4 Å². The molecule has 0 saturated heterocycles. The Morgan fingerprint density at radius 1 is 1.00 bits per heavy atom. The zero-order valence-electron chi connectivity index (χ0n) is 13.6. The van der Waals surface area contributed by atoms with Crippen molar-refractivity contribution in [3.05, 3.63) is 35.4 Å². The molecule has 0 bridgehead atoms. The van der Waals surface area contributed by atoms with Gasteiger partial charge in [-0.2, -0.15) is 0 Å². The summed E-state index contributed by atoms with van der Waals surface area (Å²) in [6.45, 7) is 7.41. The number of hydrogen-bond donors (Lipinski definition) is 1. The highest BCUT2D eigenvalue weighted by atomic mass is 19.2. The van der Waals surface area contributed by atoms with E-state index in [9.17, 15) is 8.78 Å². The summed E-state index contributed by atoms with van der Waals surface area (Å²) in [5.74, 6) is -0.911. The topological polar surface area (TPSA) is 12.0 Å². The van der Waals surface area contributed by atoms with E-state index >= 15 is 0 Å². The predicted molar refractivity (Wildman–Crippen MR) is 85.4 cm³/mol. The number of halogens is 2. The molecule has 0 saturated carbocycles. The van der Waals surface area contributed by atoms with Gasteiger partial charge in [-0.25, -0.2) is 8.78 Å². The van der Waals surface area contributed by atoms with Crippen LogP contribution in [-0.4, -0.2) is 12.6 Å². The van der Waals surface area contributed by atoms with E-state index in [0.29, 0.717) is 17.9 Å². The molecule has 0 aliphatic heterocycles. The first kappa shape index (κ1) is 18.1. The maximum absolute atomic E-state index is 13.9. The molecule has 1 unspecified atom stereocenters. The molecule has 0 aliphatic rings. The van der Waals surface area contributed by atoms with Gasteiger partial charge in [0.15, 0.2) is 11.6 Å². The predicted octanol–water partition coefficient (Wildman–Crippen LogP) is 5.09. The molecule has 0 heterocycles. The van der Waals surface area contributed by atoms with Gasteiger partial charge in [-0.15, -0.1) is 0 Å². The van der Waals surface area contributed by atoms with E-state index in [4.69, 9.17) is 0 Å². The molecule has 1 aromatic rings. The normalized spacial score (nSPS) is 12.9. The third-order valence-corrected chi connectivity index (χ3v) is 4.02. The SMILES string of the molecule is CCCNC(Cc1cccc(F)c1F)C(CCC)CCC. The third kappa shape index (κ3) is 5.74. The van der Waals surface area contributed by atoms with Crippen LogP contribution in [0.2, 0.25) is 0 Å². The van der Waals surface area contributed by atoms with Crippen LogP contribution in [0.5, 0.6) is 0 Å². The summed E-state index contributed by atoms with van der Waals surface area (Å²) in [6, 6.07) is 4.71. The smallest absolute Gasteiger partial charge is 0.162 e.